The van der Waals surface area contributed by atoms with Crippen molar-refractivity contribution in [2.24, 2.45) is 0 Å². The molecule has 2 aromatic rings. The van der Waals surface area contributed by atoms with Crippen molar-refractivity contribution in [2.45, 2.75) is 0 Å². The molecule has 0 atom stereocenters. The lowest BCUT2D eigenvalue weighted by molar-refractivity contribution is 0.0698. The lowest BCUT2D eigenvalue weighted by atomic mass is 10.0. The van der Waals surface area contributed by atoms with Crippen LogP contribution < -0.4 is 15.2 Å². The van der Waals surface area contributed by atoms with Crippen LogP contribution in [-0.2, 0) is 0 Å². The van der Waals surface area contributed by atoms with Crippen LogP contribution in [0.2, 0.25) is 0 Å². The summed E-state index contributed by atoms with van der Waals surface area (Å²) in [7, 11) is 3.06. The van der Waals surface area contributed by atoms with Crippen LogP contribution in [0.3, 0.4) is 0 Å². The number of rotatable bonds is 3. The Morgan fingerprint density at radius 3 is 2.33 bits per heavy atom. The fourth-order valence-corrected chi connectivity index (χ4v) is 1.86. The molecule has 0 heterocycles. The lowest BCUT2D eigenvalue weighted by Gasteiger charge is -2.11. The van der Waals surface area contributed by atoms with Crippen LogP contribution >= 0.6 is 0 Å². The molecule has 0 aliphatic heterocycles. The summed E-state index contributed by atoms with van der Waals surface area (Å²) in [6.45, 7) is 0. The molecule has 0 spiro atoms. The van der Waals surface area contributed by atoms with Crippen molar-refractivity contribution in [1.82, 2.24) is 0 Å². The van der Waals surface area contributed by atoms with Gasteiger partial charge in [-0.2, -0.15) is 0 Å². The van der Waals surface area contributed by atoms with E-state index in [1.807, 2.05) is 0 Å². The van der Waals surface area contributed by atoms with Gasteiger partial charge in [0.05, 0.1) is 25.5 Å². The number of aromatic carboxylic acids is 1. The average molecular weight is 247 g/mol. The van der Waals surface area contributed by atoms with Crippen LogP contribution in [0.15, 0.2) is 24.3 Å². The number of anilines is 1. The summed E-state index contributed by atoms with van der Waals surface area (Å²) < 4.78 is 10.4. The minimum absolute atomic E-state index is 0.0784. The van der Waals surface area contributed by atoms with Crippen molar-refractivity contribution in [3.05, 3.63) is 29.8 Å². The number of carbonyl (C=O) groups is 1. The molecule has 2 rings (SSSR count). The Morgan fingerprint density at radius 2 is 1.78 bits per heavy atom. The first-order valence-corrected chi connectivity index (χ1v) is 5.26. The fourth-order valence-electron chi connectivity index (χ4n) is 1.86. The zero-order chi connectivity index (χ0) is 13.3. The number of benzene rings is 2. The highest BCUT2D eigenvalue weighted by molar-refractivity contribution is 6.05. The predicted octanol–water partition coefficient (Wildman–Crippen LogP) is 2.14. The molecule has 5 nitrogen and oxygen atoms in total. The predicted molar refractivity (Wildman–Crippen MR) is 68.4 cm³/mol. The van der Waals surface area contributed by atoms with Crippen LogP contribution in [0, 0.1) is 0 Å². The molecule has 94 valence electrons. The molecule has 0 saturated carbocycles. The number of fused-ring (bicyclic) bond motifs is 1. The molecule has 0 radical (unpaired) electrons. The standard InChI is InChI=1S/C13H13NO4/c1-17-10-5-7-3-4-8(13(15)16)12(14)9(7)6-11(10)18-2/h3-6H,14H2,1-2H3,(H,15,16). The first-order valence-electron chi connectivity index (χ1n) is 5.26. The van der Waals surface area contributed by atoms with Crippen molar-refractivity contribution >= 4 is 22.4 Å². The maximum absolute atomic E-state index is 11.0. The van der Waals surface area contributed by atoms with E-state index >= 15 is 0 Å². The van der Waals surface area contributed by atoms with Crippen molar-refractivity contribution in [3.63, 3.8) is 0 Å². The monoisotopic (exact) mass is 247 g/mol. The maximum Gasteiger partial charge on any atom is 0.337 e. The van der Waals surface area contributed by atoms with E-state index in [1.165, 1.54) is 13.2 Å². The van der Waals surface area contributed by atoms with Gasteiger partial charge in [0.1, 0.15) is 0 Å². The summed E-state index contributed by atoms with van der Waals surface area (Å²) in [6, 6.07) is 6.61. The number of nitrogen functional groups attached to an aromatic ring is 1. The lowest BCUT2D eigenvalue weighted by Crippen LogP contribution is -2.03. The van der Waals surface area contributed by atoms with Crippen LogP contribution in [0.1, 0.15) is 10.4 Å². The fraction of sp³-hybridized carbons (Fsp3) is 0.154. The topological polar surface area (TPSA) is 81.8 Å². The van der Waals surface area contributed by atoms with E-state index in [1.54, 1.807) is 25.3 Å². The zero-order valence-electron chi connectivity index (χ0n) is 10.1. The van der Waals surface area contributed by atoms with Gasteiger partial charge in [-0.05, 0) is 23.6 Å². The normalized spacial score (nSPS) is 10.3. The number of carboxylic acids is 1. The second-order valence-electron chi connectivity index (χ2n) is 3.76. The van der Waals surface area contributed by atoms with Gasteiger partial charge in [-0.3, -0.25) is 0 Å². The highest BCUT2D eigenvalue weighted by Crippen LogP contribution is 2.35. The molecule has 0 fully saturated rings. The number of methoxy groups -OCH3 is 2. The van der Waals surface area contributed by atoms with Gasteiger partial charge in [0.2, 0.25) is 0 Å². The summed E-state index contributed by atoms with van der Waals surface area (Å²) in [5, 5.41) is 10.4. The number of carboxylic acid groups (broad SMARTS) is 1. The van der Waals surface area contributed by atoms with Crippen molar-refractivity contribution in [1.29, 1.82) is 0 Å². The van der Waals surface area contributed by atoms with Crippen LogP contribution in [0.4, 0.5) is 5.69 Å². The van der Waals surface area contributed by atoms with Crippen molar-refractivity contribution in [3.8, 4) is 11.5 Å². The second kappa shape index (κ2) is 4.44. The summed E-state index contributed by atoms with van der Waals surface area (Å²) in [5.41, 5.74) is 6.16. The van der Waals surface area contributed by atoms with E-state index < -0.39 is 5.97 Å². The second-order valence-corrected chi connectivity index (χ2v) is 3.76. The third-order valence-electron chi connectivity index (χ3n) is 2.80. The molecule has 0 unspecified atom stereocenters. The van der Waals surface area contributed by atoms with E-state index in [0.29, 0.717) is 16.9 Å². The molecule has 0 aliphatic rings. The third kappa shape index (κ3) is 1.79. The minimum atomic E-state index is -1.05. The number of hydrogen-bond donors (Lipinski definition) is 2. The summed E-state index contributed by atoms with van der Waals surface area (Å²) in [5.74, 6) is 0.0379. The van der Waals surface area contributed by atoms with Crippen LogP contribution in [0.5, 0.6) is 11.5 Å². The van der Waals surface area contributed by atoms with Gasteiger partial charge >= 0.3 is 5.97 Å². The number of ether oxygens (including phenoxy) is 2. The van der Waals surface area contributed by atoms with Gasteiger partial charge in [-0.1, -0.05) is 6.07 Å². The van der Waals surface area contributed by atoms with Gasteiger partial charge in [-0.25, -0.2) is 4.79 Å². The molecule has 18 heavy (non-hydrogen) atoms. The Kier molecular flexibility index (Phi) is 2.97. The molecule has 5 heteroatoms. The Balaban J connectivity index is 2.77. The smallest absolute Gasteiger partial charge is 0.337 e. The molecule has 0 aromatic heterocycles. The first-order chi connectivity index (χ1) is 8.58. The highest BCUT2D eigenvalue weighted by Gasteiger charge is 2.13. The Labute approximate surface area is 104 Å². The molecule has 0 saturated heterocycles. The molecule has 0 bridgehead atoms. The first kappa shape index (κ1) is 12.0. The van der Waals surface area contributed by atoms with Crippen molar-refractivity contribution in [2.75, 3.05) is 20.0 Å². The summed E-state index contributed by atoms with van der Waals surface area (Å²) in [6.07, 6.45) is 0. The molecule has 3 N–H and O–H groups in total. The highest BCUT2D eigenvalue weighted by atomic mass is 16.5. The number of nitrogens with two attached hydrogens (primary N) is 1. The van der Waals surface area contributed by atoms with E-state index in [9.17, 15) is 4.79 Å². The minimum Gasteiger partial charge on any atom is -0.493 e. The van der Waals surface area contributed by atoms with Crippen LogP contribution in [0.25, 0.3) is 10.8 Å². The molecule has 2 aromatic carbocycles. The molecule has 0 aliphatic carbocycles. The van der Waals surface area contributed by atoms with Gasteiger partial charge in [0, 0.05) is 5.39 Å². The Hall–Kier alpha value is -2.43. The third-order valence-corrected chi connectivity index (χ3v) is 2.80. The van der Waals surface area contributed by atoms with Gasteiger partial charge in [0.15, 0.2) is 11.5 Å². The van der Waals surface area contributed by atoms with Gasteiger partial charge in [0.25, 0.3) is 0 Å². The molecule has 0 amide bonds. The van der Waals surface area contributed by atoms with Crippen molar-refractivity contribution < 1.29 is 19.4 Å². The van der Waals surface area contributed by atoms with E-state index in [2.05, 4.69) is 0 Å². The summed E-state index contributed by atoms with van der Waals surface area (Å²) in [4.78, 5) is 11.0. The SMILES string of the molecule is COc1cc2ccc(C(=O)O)c(N)c2cc1OC. The Bertz CT molecular complexity index is 622. The zero-order valence-corrected chi connectivity index (χ0v) is 10.1. The van der Waals surface area contributed by atoms with Gasteiger partial charge < -0.3 is 20.3 Å². The van der Waals surface area contributed by atoms with E-state index in [-0.39, 0.29) is 11.3 Å². The molecular formula is C13H13NO4. The summed E-state index contributed by atoms with van der Waals surface area (Å²) >= 11 is 0. The Morgan fingerprint density at radius 1 is 1.17 bits per heavy atom. The van der Waals surface area contributed by atoms with Gasteiger partial charge in [-0.15, -0.1) is 0 Å². The largest absolute Gasteiger partial charge is 0.493 e. The maximum atomic E-state index is 11.0. The quantitative estimate of drug-likeness (QED) is 0.812. The molecular weight excluding hydrogens is 234 g/mol. The van der Waals surface area contributed by atoms with Crippen LogP contribution in [-0.4, -0.2) is 25.3 Å². The van der Waals surface area contributed by atoms with E-state index in [0.717, 1.165) is 5.39 Å². The number of hydrogen-bond acceptors (Lipinski definition) is 4. The van der Waals surface area contributed by atoms with E-state index in [4.69, 9.17) is 20.3 Å². The average Bonchev–Trinajstić information content (AvgIpc) is 2.37.